The number of hydrogen-bond acceptors (Lipinski definition) is 3. The Balaban J connectivity index is 1.84. The second kappa shape index (κ2) is 4.05. The Morgan fingerprint density at radius 2 is 2.16 bits per heavy atom. The van der Waals surface area contributed by atoms with Gasteiger partial charge in [-0.05, 0) is 50.5 Å². The topological polar surface area (TPSA) is 40.5 Å². The van der Waals surface area contributed by atoms with Gasteiger partial charge in [0.1, 0.15) is 5.78 Å². The summed E-state index contributed by atoms with van der Waals surface area (Å²) in [5.41, 5.74) is 0.0353. The monoisotopic (exact) mass is 263 g/mol. The van der Waals surface area contributed by atoms with Crippen LogP contribution in [-0.4, -0.2) is 40.5 Å². The molecule has 6 atom stereocenters. The molecule has 2 heterocycles. The number of carbonyl (C=O) groups is 1. The van der Waals surface area contributed by atoms with E-state index in [1.165, 1.54) is 6.42 Å². The molecule has 2 saturated heterocycles. The van der Waals surface area contributed by atoms with Crippen molar-refractivity contribution in [3.8, 4) is 0 Å². The number of rotatable bonds is 0. The standard InChI is InChI=1S/C16H25NO2/c1-10-7-11-8-14(19)12-3-2-5-17-6-4-13(18)15(11)16(12,17)9-10/h10-13,15,18H,2-9H2,1H3. The molecule has 4 rings (SSSR count). The molecule has 0 aromatic carbocycles. The van der Waals surface area contributed by atoms with Gasteiger partial charge in [0.2, 0.25) is 0 Å². The van der Waals surface area contributed by atoms with E-state index in [4.69, 9.17) is 0 Å². The zero-order valence-electron chi connectivity index (χ0n) is 11.8. The molecule has 6 unspecified atom stereocenters. The Labute approximate surface area is 115 Å². The lowest BCUT2D eigenvalue weighted by atomic mass is 9.48. The lowest BCUT2D eigenvalue weighted by molar-refractivity contribution is -0.196. The zero-order valence-corrected chi connectivity index (χ0v) is 11.8. The summed E-state index contributed by atoms with van der Waals surface area (Å²) in [6, 6.07) is 0. The molecule has 4 fully saturated rings. The highest BCUT2D eigenvalue weighted by Gasteiger charge is 2.64. The first-order valence-electron chi connectivity index (χ1n) is 8.09. The van der Waals surface area contributed by atoms with Gasteiger partial charge in [-0.1, -0.05) is 6.92 Å². The van der Waals surface area contributed by atoms with Gasteiger partial charge in [0.25, 0.3) is 0 Å². The van der Waals surface area contributed by atoms with Crippen molar-refractivity contribution < 1.29 is 9.90 Å². The molecule has 0 aromatic heterocycles. The van der Waals surface area contributed by atoms with Crippen molar-refractivity contribution >= 4 is 5.78 Å². The smallest absolute Gasteiger partial charge is 0.138 e. The van der Waals surface area contributed by atoms with Crippen molar-refractivity contribution in [2.75, 3.05) is 13.1 Å². The molecule has 0 radical (unpaired) electrons. The van der Waals surface area contributed by atoms with Gasteiger partial charge in [-0.25, -0.2) is 0 Å². The second-order valence-corrected chi connectivity index (χ2v) is 7.53. The van der Waals surface area contributed by atoms with Gasteiger partial charge >= 0.3 is 0 Å². The molecular weight excluding hydrogens is 238 g/mol. The fourth-order valence-electron chi connectivity index (χ4n) is 6.21. The van der Waals surface area contributed by atoms with E-state index in [1.54, 1.807) is 0 Å². The van der Waals surface area contributed by atoms with Crippen LogP contribution in [0.2, 0.25) is 0 Å². The third-order valence-corrected chi connectivity index (χ3v) is 6.54. The molecule has 106 valence electrons. The minimum atomic E-state index is -0.164. The summed E-state index contributed by atoms with van der Waals surface area (Å²) in [4.78, 5) is 15.2. The van der Waals surface area contributed by atoms with Gasteiger partial charge in [0, 0.05) is 30.3 Å². The zero-order chi connectivity index (χ0) is 13.2. The van der Waals surface area contributed by atoms with E-state index in [-0.39, 0.29) is 17.6 Å². The van der Waals surface area contributed by atoms with Crippen LogP contribution in [0.5, 0.6) is 0 Å². The molecule has 0 aromatic rings. The third kappa shape index (κ3) is 1.49. The van der Waals surface area contributed by atoms with Crippen LogP contribution < -0.4 is 0 Å². The summed E-state index contributed by atoms with van der Waals surface area (Å²) in [5, 5.41) is 10.6. The van der Waals surface area contributed by atoms with E-state index < -0.39 is 0 Å². The SMILES string of the molecule is CC1CC2CC(=O)C3CCCN4CCC(O)C2C34C1. The molecule has 4 aliphatic rings. The number of ketones is 1. The molecule has 1 spiro atoms. The van der Waals surface area contributed by atoms with E-state index in [9.17, 15) is 9.90 Å². The van der Waals surface area contributed by atoms with Crippen LogP contribution in [0.3, 0.4) is 0 Å². The Morgan fingerprint density at radius 1 is 1.32 bits per heavy atom. The van der Waals surface area contributed by atoms with E-state index >= 15 is 0 Å². The number of aliphatic hydroxyl groups excluding tert-OH is 1. The van der Waals surface area contributed by atoms with E-state index in [2.05, 4.69) is 11.8 Å². The minimum absolute atomic E-state index is 0.0353. The largest absolute Gasteiger partial charge is 0.393 e. The maximum atomic E-state index is 12.6. The van der Waals surface area contributed by atoms with Crippen molar-refractivity contribution in [1.29, 1.82) is 0 Å². The molecule has 2 aliphatic heterocycles. The van der Waals surface area contributed by atoms with Gasteiger partial charge < -0.3 is 5.11 Å². The molecule has 3 heteroatoms. The highest BCUT2D eigenvalue weighted by Crippen LogP contribution is 2.59. The number of carbonyl (C=O) groups excluding carboxylic acids is 1. The Morgan fingerprint density at radius 3 is 3.00 bits per heavy atom. The molecule has 2 saturated carbocycles. The van der Waals surface area contributed by atoms with E-state index in [1.807, 2.05) is 0 Å². The summed E-state index contributed by atoms with van der Waals surface area (Å²) in [6.45, 7) is 4.49. The van der Waals surface area contributed by atoms with E-state index in [0.29, 0.717) is 23.5 Å². The Hall–Kier alpha value is -0.410. The van der Waals surface area contributed by atoms with Crippen LogP contribution in [0.4, 0.5) is 0 Å². The van der Waals surface area contributed by atoms with Crippen molar-refractivity contribution in [1.82, 2.24) is 4.90 Å². The molecular formula is C16H25NO2. The first-order chi connectivity index (χ1) is 9.13. The lowest BCUT2D eigenvalue weighted by Gasteiger charge is -2.66. The summed E-state index contributed by atoms with van der Waals surface area (Å²) < 4.78 is 0. The van der Waals surface area contributed by atoms with Gasteiger partial charge in [0.15, 0.2) is 0 Å². The predicted octanol–water partition coefficient (Wildman–Crippen LogP) is 1.84. The lowest BCUT2D eigenvalue weighted by Crippen LogP contribution is -2.74. The fraction of sp³-hybridized carbons (Fsp3) is 0.938. The third-order valence-electron chi connectivity index (χ3n) is 6.54. The van der Waals surface area contributed by atoms with Gasteiger partial charge in [-0.15, -0.1) is 0 Å². The van der Waals surface area contributed by atoms with Crippen LogP contribution in [-0.2, 0) is 4.79 Å². The number of nitrogens with zero attached hydrogens (tertiary/aromatic N) is 1. The quantitative estimate of drug-likeness (QED) is 0.725. The van der Waals surface area contributed by atoms with Gasteiger partial charge in [-0.3, -0.25) is 9.69 Å². The first-order valence-corrected chi connectivity index (χ1v) is 8.09. The summed E-state index contributed by atoms with van der Waals surface area (Å²) >= 11 is 0. The number of aliphatic hydroxyl groups is 1. The Kier molecular flexibility index (Phi) is 2.63. The van der Waals surface area contributed by atoms with Crippen molar-refractivity contribution in [3.63, 3.8) is 0 Å². The number of hydrogen-bond donors (Lipinski definition) is 1. The summed E-state index contributed by atoms with van der Waals surface area (Å²) in [7, 11) is 0. The first kappa shape index (κ1) is 12.3. The van der Waals surface area contributed by atoms with Crippen molar-refractivity contribution in [2.24, 2.45) is 23.7 Å². The normalized spacial score (nSPS) is 53.8. The highest BCUT2D eigenvalue weighted by molar-refractivity contribution is 5.84. The average molecular weight is 263 g/mol. The molecule has 1 N–H and O–H groups in total. The maximum Gasteiger partial charge on any atom is 0.138 e. The van der Waals surface area contributed by atoms with Crippen LogP contribution >= 0.6 is 0 Å². The highest BCUT2D eigenvalue weighted by atomic mass is 16.3. The van der Waals surface area contributed by atoms with Crippen LogP contribution in [0, 0.1) is 23.7 Å². The molecule has 2 bridgehead atoms. The molecule has 2 aliphatic carbocycles. The van der Waals surface area contributed by atoms with Crippen LogP contribution in [0.1, 0.15) is 45.4 Å². The van der Waals surface area contributed by atoms with Crippen LogP contribution in [0.25, 0.3) is 0 Å². The maximum absolute atomic E-state index is 12.6. The van der Waals surface area contributed by atoms with Crippen molar-refractivity contribution in [2.45, 2.75) is 57.1 Å². The average Bonchev–Trinajstić information content (AvgIpc) is 2.35. The Bertz CT molecular complexity index is 410. The van der Waals surface area contributed by atoms with Crippen molar-refractivity contribution in [3.05, 3.63) is 0 Å². The number of piperidine rings is 2. The van der Waals surface area contributed by atoms with Gasteiger partial charge in [-0.2, -0.15) is 0 Å². The molecule has 0 amide bonds. The summed E-state index contributed by atoms with van der Waals surface area (Å²) in [5.74, 6) is 2.26. The van der Waals surface area contributed by atoms with E-state index in [0.717, 1.165) is 45.2 Å². The molecule has 19 heavy (non-hydrogen) atoms. The summed E-state index contributed by atoms with van der Waals surface area (Å²) in [6.07, 6.45) is 6.02. The van der Waals surface area contributed by atoms with Gasteiger partial charge in [0.05, 0.1) is 6.10 Å². The number of Topliss-reactive ketones (excluding diaryl/α,β-unsaturated/α-hetero) is 1. The molecule has 3 nitrogen and oxygen atoms in total. The fourth-order valence-corrected chi connectivity index (χ4v) is 6.21. The van der Waals surface area contributed by atoms with Crippen LogP contribution in [0.15, 0.2) is 0 Å². The second-order valence-electron chi connectivity index (χ2n) is 7.53. The minimum Gasteiger partial charge on any atom is -0.393 e. The predicted molar refractivity (Wildman–Crippen MR) is 72.7 cm³/mol.